The van der Waals surface area contributed by atoms with Gasteiger partial charge in [0.05, 0.1) is 38.1 Å². The second kappa shape index (κ2) is 10.4. The number of nitrogens with zero attached hydrogens (tertiary/aromatic N) is 1. The Morgan fingerprint density at radius 3 is 2.17 bits per heavy atom. The van der Waals surface area contributed by atoms with Gasteiger partial charge in [0.25, 0.3) is 0 Å². The molecule has 0 bridgehead atoms. The van der Waals surface area contributed by atoms with Crippen molar-refractivity contribution in [1.82, 2.24) is 4.98 Å². The van der Waals surface area contributed by atoms with Gasteiger partial charge >= 0.3 is 5.97 Å². The van der Waals surface area contributed by atoms with Gasteiger partial charge in [0.2, 0.25) is 5.75 Å². The molecule has 1 aromatic heterocycles. The van der Waals surface area contributed by atoms with Crippen LogP contribution < -0.4 is 14.2 Å². The summed E-state index contributed by atoms with van der Waals surface area (Å²) < 4.78 is 48.1. The lowest BCUT2D eigenvalue weighted by molar-refractivity contribution is 0.0476. The van der Waals surface area contributed by atoms with Crippen LogP contribution in [0.2, 0.25) is 0 Å². The van der Waals surface area contributed by atoms with Crippen LogP contribution in [-0.4, -0.2) is 44.7 Å². The zero-order valence-corrected chi connectivity index (χ0v) is 19.6. The molecule has 0 N–H and O–H groups in total. The number of Topliss-reactive ketones (excluding diaryl/α,β-unsaturated/α-hetero) is 1. The number of hydrogen-bond donors (Lipinski definition) is 0. The highest BCUT2D eigenvalue weighted by atomic mass is 19.2. The number of carbonyl (C=O) groups is 2. The topological polar surface area (TPSA) is 84.0 Å². The average molecular weight is 493 g/mol. The fraction of sp³-hybridized carbons (Fsp3) is 0.148. The molecule has 184 valence electrons. The van der Waals surface area contributed by atoms with Crippen molar-refractivity contribution >= 4 is 22.7 Å². The molecule has 0 spiro atoms. The molecule has 9 heteroatoms. The van der Waals surface area contributed by atoms with Gasteiger partial charge in [0.1, 0.15) is 0 Å². The number of esters is 1. The summed E-state index contributed by atoms with van der Waals surface area (Å²) in [7, 11) is 4.47. The third-order valence-corrected chi connectivity index (χ3v) is 5.47. The van der Waals surface area contributed by atoms with Crippen LogP contribution in [0, 0.1) is 11.6 Å². The summed E-state index contributed by atoms with van der Waals surface area (Å²) in [6.45, 7) is -0.653. The van der Waals surface area contributed by atoms with E-state index in [1.54, 1.807) is 36.4 Å². The molecule has 0 saturated heterocycles. The van der Waals surface area contributed by atoms with E-state index < -0.39 is 30.0 Å². The number of pyridine rings is 1. The lowest BCUT2D eigenvalue weighted by atomic mass is 10.0. The Labute approximate surface area is 205 Å². The zero-order valence-electron chi connectivity index (χ0n) is 19.6. The highest BCUT2D eigenvalue weighted by Gasteiger charge is 2.20. The summed E-state index contributed by atoms with van der Waals surface area (Å²) in [5, 5.41) is 0.513. The van der Waals surface area contributed by atoms with E-state index in [0.29, 0.717) is 39.4 Å². The van der Waals surface area contributed by atoms with E-state index in [1.807, 2.05) is 0 Å². The third-order valence-electron chi connectivity index (χ3n) is 5.47. The van der Waals surface area contributed by atoms with Gasteiger partial charge in [-0.25, -0.2) is 18.6 Å². The molecule has 7 nitrogen and oxygen atoms in total. The van der Waals surface area contributed by atoms with Crippen LogP contribution in [0.4, 0.5) is 8.78 Å². The highest BCUT2D eigenvalue weighted by molar-refractivity contribution is 6.06. The van der Waals surface area contributed by atoms with E-state index >= 15 is 0 Å². The fourth-order valence-corrected chi connectivity index (χ4v) is 3.68. The number of benzene rings is 3. The molecule has 0 unspecified atom stereocenters. The van der Waals surface area contributed by atoms with Crippen LogP contribution in [0.15, 0.2) is 60.7 Å². The Bertz CT molecular complexity index is 1450. The molecule has 4 rings (SSSR count). The Morgan fingerprint density at radius 1 is 0.833 bits per heavy atom. The number of para-hydroxylation sites is 1. The van der Waals surface area contributed by atoms with E-state index in [1.165, 1.54) is 27.4 Å². The zero-order chi connectivity index (χ0) is 25.8. The first kappa shape index (κ1) is 24.6. The molecule has 0 saturated carbocycles. The summed E-state index contributed by atoms with van der Waals surface area (Å²) in [5.41, 5.74) is 1.58. The van der Waals surface area contributed by atoms with Crippen molar-refractivity contribution in [3.05, 3.63) is 83.4 Å². The number of rotatable bonds is 8. The van der Waals surface area contributed by atoms with Gasteiger partial charge in [0, 0.05) is 16.5 Å². The predicted octanol–water partition coefficient (Wildman–Crippen LogP) is 5.25. The highest BCUT2D eigenvalue weighted by Crippen LogP contribution is 2.41. The van der Waals surface area contributed by atoms with Crippen LogP contribution in [0.25, 0.3) is 22.2 Å². The maximum atomic E-state index is 13.5. The van der Waals surface area contributed by atoms with Crippen LogP contribution in [0.1, 0.15) is 20.7 Å². The van der Waals surface area contributed by atoms with Crippen molar-refractivity contribution in [3.8, 4) is 28.5 Å². The number of halogens is 2. The predicted molar refractivity (Wildman–Crippen MR) is 128 cm³/mol. The van der Waals surface area contributed by atoms with E-state index in [0.717, 1.165) is 18.2 Å². The van der Waals surface area contributed by atoms with Gasteiger partial charge < -0.3 is 18.9 Å². The van der Waals surface area contributed by atoms with Crippen molar-refractivity contribution in [1.29, 1.82) is 0 Å². The van der Waals surface area contributed by atoms with E-state index in [4.69, 9.17) is 18.9 Å². The second-order valence-electron chi connectivity index (χ2n) is 7.61. The lowest BCUT2D eigenvalue weighted by Crippen LogP contribution is -2.15. The standard InChI is InChI=1S/C27H21F2NO6/c1-33-24-11-16(12-25(34-2)26(24)35-3)22-13-18(17-6-4-5-7-21(17)30-22)27(32)36-14-23(31)15-8-9-19(28)20(29)10-15/h4-13H,14H2,1-3H3. The summed E-state index contributed by atoms with van der Waals surface area (Å²) in [6.07, 6.45) is 0. The number of aromatic nitrogens is 1. The first-order chi connectivity index (χ1) is 17.4. The van der Waals surface area contributed by atoms with Crippen LogP contribution in [0.3, 0.4) is 0 Å². The monoisotopic (exact) mass is 493 g/mol. The molecule has 36 heavy (non-hydrogen) atoms. The molecule has 0 aliphatic carbocycles. The summed E-state index contributed by atoms with van der Waals surface area (Å²) in [6, 6.07) is 14.6. The van der Waals surface area contributed by atoms with Crippen LogP contribution in [0.5, 0.6) is 17.2 Å². The lowest BCUT2D eigenvalue weighted by Gasteiger charge is -2.15. The van der Waals surface area contributed by atoms with Crippen molar-refractivity contribution in [2.24, 2.45) is 0 Å². The van der Waals surface area contributed by atoms with Crippen LogP contribution in [-0.2, 0) is 4.74 Å². The molecule has 1 heterocycles. The Kier molecular flexibility index (Phi) is 7.10. The smallest absolute Gasteiger partial charge is 0.339 e. The van der Waals surface area contributed by atoms with Gasteiger partial charge in [-0.3, -0.25) is 4.79 Å². The maximum Gasteiger partial charge on any atom is 0.339 e. The van der Waals surface area contributed by atoms with E-state index in [-0.39, 0.29) is 11.1 Å². The van der Waals surface area contributed by atoms with Gasteiger partial charge in [-0.1, -0.05) is 18.2 Å². The maximum absolute atomic E-state index is 13.5. The first-order valence-corrected chi connectivity index (χ1v) is 10.7. The first-order valence-electron chi connectivity index (χ1n) is 10.7. The molecule has 0 aliphatic heterocycles. The SMILES string of the molecule is COc1cc(-c2cc(C(=O)OCC(=O)c3ccc(F)c(F)c3)c3ccccc3n2)cc(OC)c1OC. The molecule has 0 atom stereocenters. The van der Waals surface area contributed by atoms with Crippen molar-refractivity contribution < 1.29 is 37.3 Å². The Morgan fingerprint density at radius 2 is 1.53 bits per heavy atom. The second-order valence-corrected chi connectivity index (χ2v) is 7.61. The largest absolute Gasteiger partial charge is 0.493 e. The van der Waals surface area contributed by atoms with Gasteiger partial charge in [-0.05, 0) is 42.5 Å². The number of ketones is 1. The minimum atomic E-state index is -1.16. The molecular weight excluding hydrogens is 472 g/mol. The Hall–Kier alpha value is -4.53. The number of hydrogen-bond acceptors (Lipinski definition) is 7. The average Bonchev–Trinajstić information content (AvgIpc) is 2.91. The van der Waals surface area contributed by atoms with Crippen LogP contribution >= 0.6 is 0 Å². The summed E-state index contributed by atoms with van der Waals surface area (Å²) >= 11 is 0. The molecule has 0 radical (unpaired) electrons. The number of ether oxygens (including phenoxy) is 4. The van der Waals surface area contributed by atoms with Crippen molar-refractivity contribution in [2.75, 3.05) is 27.9 Å². The quantitative estimate of drug-likeness (QED) is 0.245. The summed E-state index contributed by atoms with van der Waals surface area (Å²) in [5.74, 6) is -2.48. The van der Waals surface area contributed by atoms with Gasteiger partial charge in [0.15, 0.2) is 35.5 Å². The normalized spacial score (nSPS) is 10.7. The third kappa shape index (κ3) is 4.81. The number of fused-ring (bicyclic) bond motifs is 1. The fourth-order valence-electron chi connectivity index (χ4n) is 3.68. The summed E-state index contributed by atoms with van der Waals surface area (Å²) in [4.78, 5) is 30.1. The van der Waals surface area contributed by atoms with Crippen molar-refractivity contribution in [3.63, 3.8) is 0 Å². The van der Waals surface area contributed by atoms with Gasteiger partial charge in [-0.2, -0.15) is 0 Å². The molecule has 0 amide bonds. The minimum Gasteiger partial charge on any atom is -0.493 e. The molecule has 4 aromatic rings. The van der Waals surface area contributed by atoms with E-state index in [9.17, 15) is 18.4 Å². The van der Waals surface area contributed by atoms with Crippen molar-refractivity contribution in [2.45, 2.75) is 0 Å². The number of methoxy groups -OCH3 is 3. The minimum absolute atomic E-state index is 0.112. The van der Waals surface area contributed by atoms with Gasteiger partial charge in [-0.15, -0.1) is 0 Å². The number of carbonyl (C=O) groups excluding carboxylic acids is 2. The molecule has 0 aliphatic rings. The molecule has 0 fully saturated rings. The molecule has 3 aromatic carbocycles. The van der Waals surface area contributed by atoms with E-state index in [2.05, 4.69) is 4.98 Å². The Balaban J connectivity index is 1.70. The molecular formula is C27H21F2NO6.